The van der Waals surface area contributed by atoms with Gasteiger partial charge in [-0.05, 0) is 24.3 Å². The summed E-state index contributed by atoms with van der Waals surface area (Å²) in [6.45, 7) is 0. The number of hydrogen-bond acceptors (Lipinski definition) is 4. The van der Waals surface area contributed by atoms with Gasteiger partial charge in [0.25, 0.3) is 11.6 Å². The number of sulfone groups is 1. The number of halogens is 3. The molecule has 1 N–H and O–H groups in total. The van der Waals surface area contributed by atoms with Crippen molar-refractivity contribution in [1.82, 2.24) is 4.57 Å². The molecule has 0 atom stereocenters. The number of rotatable bonds is 4. The molecule has 3 rings (SSSR count). The molecule has 2 heterocycles. The summed E-state index contributed by atoms with van der Waals surface area (Å²) in [6.07, 6.45) is 2.92. The first-order valence-corrected chi connectivity index (χ1v) is 10.3. The molecule has 2 aromatic heterocycles. The van der Waals surface area contributed by atoms with Crippen LogP contribution in [0.15, 0.2) is 47.6 Å². The molecule has 0 spiro atoms. The summed E-state index contributed by atoms with van der Waals surface area (Å²) in [7, 11) is -2.07. The van der Waals surface area contributed by atoms with Crippen LogP contribution in [0, 0.1) is 16.8 Å². The van der Waals surface area contributed by atoms with Gasteiger partial charge in [0.05, 0.1) is 10.5 Å². The normalized spacial score (nSPS) is 11.5. The van der Waals surface area contributed by atoms with E-state index in [1.165, 1.54) is 42.1 Å². The molecule has 0 bridgehead atoms. The predicted octanol–water partition coefficient (Wildman–Crippen LogP) is 2.91. The van der Waals surface area contributed by atoms with Gasteiger partial charge in [0.2, 0.25) is 12.0 Å². The Morgan fingerprint density at radius 2 is 1.90 bits per heavy atom. The van der Waals surface area contributed by atoms with Crippen molar-refractivity contribution in [2.24, 2.45) is 7.05 Å². The largest absolute Gasteiger partial charge is 0.618 e. The van der Waals surface area contributed by atoms with E-state index in [9.17, 15) is 27.2 Å². The second kappa shape index (κ2) is 7.45. The summed E-state index contributed by atoms with van der Waals surface area (Å²) >= 11 is 5.91. The number of carbonyl (C=O) groups excluding carboxylic acids is 1. The Kier molecular flexibility index (Phi) is 5.33. The van der Waals surface area contributed by atoms with Crippen molar-refractivity contribution in [3.8, 4) is 11.4 Å². The average molecular weight is 442 g/mol. The molecule has 0 fully saturated rings. The molecule has 11 heteroatoms. The van der Waals surface area contributed by atoms with Gasteiger partial charge in [-0.2, -0.15) is 9.12 Å². The number of nitrogens with one attached hydrogen (secondary N) is 1. The first kappa shape index (κ1) is 20.7. The lowest BCUT2D eigenvalue weighted by molar-refractivity contribution is -0.597. The molecule has 1 aromatic carbocycles. The van der Waals surface area contributed by atoms with Gasteiger partial charge in [0.1, 0.15) is 5.69 Å². The lowest BCUT2D eigenvalue weighted by Crippen LogP contribution is -2.31. The summed E-state index contributed by atoms with van der Waals surface area (Å²) < 4.78 is 52.1. The number of carbonyl (C=O) groups is 1. The maximum atomic E-state index is 14.1. The molecule has 7 nitrogen and oxygen atoms in total. The molecule has 1 amide bonds. The topological polar surface area (TPSA) is 95.1 Å². The Labute approximate surface area is 169 Å². The van der Waals surface area contributed by atoms with Crippen LogP contribution in [0.3, 0.4) is 0 Å². The molecule has 0 saturated carbocycles. The second-order valence-corrected chi connectivity index (χ2v) is 8.76. The fourth-order valence-corrected chi connectivity index (χ4v) is 3.70. The van der Waals surface area contributed by atoms with Gasteiger partial charge >= 0.3 is 0 Å². The minimum Gasteiger partial charge on any atom is -0.618 e. The van der Waals surface area contributed by atoms with Gasteiger partial charge in [-0.3, -0.25) is 4.79 Å². The quantitative estimate of drug-likeness (QED) is 0.497. The van der Waals surface area contributed by atoms with Crippen LogP contribution in [0.1, 0.15) is 10.4 Å². The van der Waals surface area contributed by atoms with Crippen molar-refractivity contribution in [3.05, 3.63) is 70.2 Å². The van der Waals surface area contributed by atoms with E-state index in [0.717, 1.165) is 6.26 Å². The maximum Gasteiger partial charge on any atom is 0.276 e. The highest BCUT2D eigenvalue weighted by Gasteiger charge is 2.23. The number of hydrogen-bond donors (Lipinski definition) is 1. The summed E-state index contributed by atoms with van der Waals surface area (Å²) in [5.74, 6) is -2.76. The first-order chi connectivity index (χ1) is 13.5. The standard InChI is InChI=1S/C18H14ClF2N3O4S/c1-23-8-10(3-16(23)17-15(21)6-12(20)9-24(17)26)18(25)22-13-4-11(19)5-14(7-13)29(2,27)28/h3-9H,1-2H3,(H,22,25). The lowest BCUT2D eigenvalue weighted by atomic mass is 10.2. The highest BCUT2D eigenvalue weighted by molar-refractivity contribution is 7.90. The number of aromatic nitrogens is 2. The molecule has 3 aromatic rings. The predicted molar refractivity (Wildman–Crippen MR) is 102 cm³/mol. The van der Waals surface area contributed by atoms with Gasteiger partial charge in [-0.15, -0.1) is 0 Å². The number of anilines is 1. The van der Waals surface area contributed by atoms with Crippen LogP contribution in [0.25, 0.3) is 11.4 Å². The number of nitrogens with zero attached hydrogens (tertiary/aromatic N) is 2. The van der Waals surface area contributed by atoms with Gasteiger partial charge in [0, 0.05) is 36.3 Å². The van der Waals surface area contributed by atoms with E-state index < -0.39 is 33.1 Å². The van der Waals surface area contributed by atoms with Crippen LogP contribution in [0.5, 0.6) is 0 Å². The van der Waals surface area contributed by atoms with E-state index in [0.29, 0.717) is 12.3 Å². The molecule has 0 radical (unpaired) electrons. The van der Waals surface area contributed by atoms with Gasteiger partial charge in [0.15, 0.2) is 15.7 Å². The minimum absolute atomic E-state index is 0.0387. The van der Waals surface area contributed by atoms with Crippen molar-refractivity contribution in [2.45, 2.75) is 4.90 Å². The number of pyridine rings is 1. The zero-order valence-electron chi connectivity index (χ0n) is 15.1. The van der Waals surface area contributed by atoms with Crippen molar-refractivity contribution in [1.29, 1.82) is 0 Å². The van der Waals surface area contributed by atoms with Crippen LogP contribution in [0.4, 0.5) is 14.5 Å². The maximum absolute atomic E-state index is 14.1. The molecule has 152 valence electrons. The van der Waals surface area contributed by atoms with Gasteiger partial charge in [-0.25, -0.2) is 12.8 Å². The van der Waals surface area contributed by atoms with Gasteiger partial charge in [-0.1, -0.05) is 11.6 Å². The fraction of sp³-hybridized carbons (Fsp3) is 0.111. The van der Waals surface area contributed by atoms with E-state index in [2.05, 4.69) is 5.32 Å². The monoisotopic (exact) mass is 441 g/mol. The first-order valence-electron chi connectivity index (χ1n) is 8.02. The van der Waals surface area contributed by atoms with E-state index in [4.69, 9.17) is 11.6 Å². The van der Waals surface area contributed by atoms with Crippen LogP contribution in [-0.2, 0) is 16.9 Å². The van der Waals surface area contributed by atoms with Crippen LogP contribution in [0.2, 0.25) is 5.02 Å². The summed E-state index contributed by atoms with van der Waals surface area (Å²) in [5.41, 5.74) is -0.201. The third-order valence-electron chi connectivity index (χ3n) is 4.02. The third kappa shape index (κ3) is 4.38. The van der Waals surface area contributed by atoms with E-state index in [-0.39, 0.29) is 31.6 Å². The molecular formula is C18H14ClF2N3O4S. The average Bonchev–Trinajstić information content (AvgIpc) is 2.94. The molecule has 0 aliphatic heterocycles. The molecule has 0 aliphatic rings. The van der Waals surface area contributed by atoms with E-state index >= 15 is 0 Å². The third-order valence-corrected chi connectivity index (χ3v) is 5.33. The van der Waals surface area contributed by atoms with Crippen LogP contribution in [-0.4, -0.2) is 25.1 Å². The van der Waals surface area contributed by atoms with E-state index in [1.807, 2.05) is 0 Å². The van der Waals surface area contributed by atoms with Crippen molar-refractivity contribution < 1.29 is 26.7 Å². The van der Waals surface area contributed by atoms with Crippen molar-refractivity contribution in [3.63, 3.8) is 0 Å². The number of aryl methyl sites for hydroxylation is 1. The highest BCUT2D eigenvalue weighted by atomic mass is 35.5. The number of benzene rings is 1. The summed E-state index contributed by atoms with van der Waals surface area (Å²) in [5, 5.41) is 14.5. The molecule has 0 aliphatic carbocycles. The second-order valence-electron chi connectivity index (χ2n) is 6.31. The van der Waals surface area contributed by atoms with Crippen molar-refractivity contribution >= 4 is 33.0 Å². The van der Waals surface area contributed by atoms with Gasteiger partial charge < -0.3 is 15.1 Å². The highest BCUT2D eigenvalue weighted by Crippen LogP contribution is 2.25. The SMILES string of the molecule is Cn1cc(C(=O)Nc2cc(Cl)cc(S(C)(=O)=O)c2)cc1-c1c(F)cc(F)c[n+]1[O-]. The molecular weight excluding hydrogens is 428 g/mol. The smallest absolute Gasteiger partial charge is 0.276 e. The molecule has 0 unspecified atom stereocenters. The molecule has 29 heavy (non-hydrogen) atoms. The Hall–Kier alpha value is -2.98. The zero-order valence-corrected chi connectivity index (χ0v) is 16.7. The van der Waals surface area contributed by atoms with Crippen LogP contribution < -0.4 is 10.0 Å². The Morgan fingerprint density at radius 1 is 1.21 bits per heavy atom. The van der Waals surface area contributed by atoms with Crippen LogP contribution >= 0.6 is 11.6 Å². The zero-order chi connectivity index (χ0) is 21.5. The minimum atomic E-state index is -3.55. The number of amides is 1. The summed E-state index contributed by atoms with van der Waals surface area (Å²) in [4.78, 5) is 12.5. The Balaban J connectivity index is 1.95. The lowest BCUT2D eigenvalue weighted by Gasteiger charge is -2.07. The van der Waals surface area contributed by atoms with E-state index in [1.54, 1.807) is 0 Å². The fourth-order valence-electron chi connectivity index (χ4n) is 2.72. The summed E-state index contributed by atoms with van der Waals surface area (Å²) in [6, 6.07) is 5.67. The van der Waals surface area contributed by atoms with Crippen molar-refractivity contribution in [2.75, 3.05) is 11.6 Å². The Morgan fingerprint density at radius 3 is 2.52 bits per heavy atom. The Bertz CT molecular complexity index is 1220. The molecule has 0 saturated heterocycles.